The van der Waals surface area contributed by atoms with Crippen LogP contribution >= 0.6 is 0 Å². The van der Waals surface area contributed by atoms with Crippen molar-refractivity contribution in [1.82, 2.24) is 0 Å². The average Bonchev–Trinajstić information content (AvgIpc) is 2.72. The largest absolute Gasteiger partial charge is 0.497 e. The van der Waals surface area contributed by atoms with Crippen molar-refractivity contribution in [2.24, 2.45) is 0 Å². The van der Waals surface area contributed by atoms with Crippen LogP contribution in [0.2, 0.25) is 0 Å². The van der Waals surface area contributed by atoms with Crippen molar-refractivity contribution in [2.75, 3.05) is 42.2 Å². The summed E-state index contributed by atoms with van der Waals surface area (Å²) < 4.78 is 26.5. The second kappa shape index (κ2) is 9.51. The Morgan fingerprint density at radius 2 is 1.56 bits per heavy atom. The van der Waals surface area contributed by atoms with E-state index >= 15 is 0 Å². The van der Waals surface area contributed by atoms with Crippen molar-refractivity contribution < 1.29 is 28.5 Å². The lowest BCUT2D eigenvalue weighted by Gasteiger charge is -2.17. The molecule has 0 aliphatic heterocycles. The second-order valence-corrected chi connectivity index (χ2v) is 5.36. The highest BCUT2D eigenvalue weighted by Gasteiger charge is 2.21. The third-order valence-electron chi connectivity index (χ3n) is 3.88. The molecule has 0 saturated carbocycles. The number of carbonyl (C=O) groups is 1. The summed E-state index contributed by atoms with van der Waals surface area (Å²) in [6.07, 6.45) is 0. The molecular formula is C21H22O6. The number of ether oxygens (including phenoxy) is 5. The normalized spacial score (nSPS) is 9.81. The molecule has 0 radical (unpaired) electrons. The van der Waals surface area contributed by atoms with Crippen molar-refractivity contribution in [1.29, 1.82) is 0 Å². The fourth-order valence-corrected chi connectivity index (χ4v) is 2.64. The zero-order chi connectivity index (χ0) is 19.8. The lowest BCUT2D eigenvalue weighted by atomic mass is 9.95. The number of methoxy groups -OCH3 is 5. The zero-order valence-electron chi connectivity index (χ0n) is 16.0. The first-order valence-corrected chi connectivity index (χ1v) is 8.10. The molecule has 0 unspecified atom stereocenters. The van der Waals surface area contributed by atoms with Gasteiger partial charge in [-0.3, -0.25) is 4.79 Å². The Bertz CT molecular complexity index is 876. The van der Waals surface area contributed by atoms with Crippen LogP contribution in [0.1, 0.15) is 10.4 Å². The van der Waals surface area contributed by atoms with E-state index in [1.165, 1.54) is 28.4 Å². The van der Waals surface area contributed by atoms with Gasteiger partial charge in [-0.1, -0.05) is 5.92 Å². The Morgan fingerprint density at radius 1 is 0.852 bits per heavy atom. The summed E-state index contributed by atoms with van der Waals surface area (Å²) in [5.41, 5.74) is 1.71. The highest BCUT2D eigenvalue weighted by Crippen LogP contribution is 2.45. The van der Waals surface area contributed by atoms with Crippen LogP contribution in [-0.2, 0) is 4.74 Å². The smallest absolute Gasteiger partial charge is 0.236 e. The molecule has 0 spiro atoms. The van der Waals surface area contributed by atoms with E-state index in [1.807, 2.05) is 0 Å². The minimum absolute atomic E-state index is 0.171. The standard InChI is InChI=1S/C21H22O6/c1-23-12-6-7-18(22)17-13-14(24-2)8-9-15(17)16-10-11-19(25-3)21(27-5)20(16)26-4/h8-11,13H,12H2,1-5H3. The summed E-state index contributed by atoms with van der Waals surface area (Å²) in [5, 5.41) is 0. The van der Waals surface area contributed by atoms with Crippen molar-refractivity contribution in [3.63, 3.8) is 0 Å². The Hall–Kier alpha value is -3.17. The van der Waals surface area contributed by atoms with Gasteiger partial charge in [0.2, 0.25) is 11.5 Å². The molecule has 0 saturated heterocycles. The summed E-state index contributed by atoms with van der Waals surface area (Å²) in [7, 11) is 7.66. The monoisotopic (exact) mass is 370 g/mol. The van der Waals surface area contributed by atoms with E-state index in [0.29, 0.717) is 39.7 Å². The molecule has 0 N–H and O–H groups in total. The molecule has 27 heavy (non-hydrogen) atoms. The molecule has 0 aliphatic rings. The van der Waals surface area contributed by atoms with Gasteiger partial charge in [0.1, 0.15) is 12.4 Å². The maximum Gasteiger partial charge on any atom is 0.236 e. The second-order valence-electron chi connectivity index (χ2n) is 5.36. The number of benzene rings is 2. The lowest BCUT2D eigenvalue weighted by Crippen LogP contribution is -2.02. The van der Waals surface area contributed by atoms with Crippen LogP contribution in [0.4, 0.5) is 0 Å². The van der Waals surface area contributed by atoms with E-state index < -0.39 is 0 Å². The maximum atomic E-state index is 12.7. The zero-order valence-corrected chi connectivity index (χ0v) is 16.0. The first-order chi connectivity index (χ1) is 13.1. The predicted molar refractivity (Wildman–Crippen MR) is 102 cm³/mol. The van der Waals surface area contributed by atoms with Crippen LogP contribution in [0.15, 0.2) is 30.3 Å². The van der Waals surface area contributed by atoms with E-state index in [4.69, 9.17) is 23.7 Å². The third kappa shape index (κ3) is 4.33. The van der Waals surface area contributed by atoms with Crippen molar-refractivity contribution in [3.8, 4) is 46.0 Å². The Labute approximate surface area is 159 Å². The van der Waals surface area contributed by atoms with E-state index in [1.54, 1.807) is 37.4 Å². The third-order valence-corrected chi connectivity index (χ3v) is 3.88. The van der Waals surface area contributed by atoms with E-state index in [2.05, 4.69) is 11.8 Å². The fraction of sp³-hybridized carbons (Fsp3) is 0.286. The quantitative estimate of drug-likeness (QED) is 0.424. The molecule has 6 nitrogen and oxygen atoms in total. The first-order valence-electron chi connectivity index (χ1n) is 8.10. The summed E-state index contributed by atoms with van der Waals surface area (Å²) in [6, 6.07) is 8.76. The van der Waals surface area contributed by atoms with Crippen LogP contribution in [0, 0.1) is 11.8 Å². The van der Waals surface area contributed by atoms with Gasteiger partial charge >= 0.3 is 0 Å². The number of hydrogen-bond donors (Lipinski definition) is 0. The van der Waals surface area contributed by atoms with E-state index in [9.17, 15) is 4.79 Å². The van der Waals surface area contributed by atoms with Crippen LogP contribution in [0.3, 0.4) is 0 Å². The van der Waals surface area contributed by atoms with E-state index in [-0.39, 0.29) is 12.4 Å². The molecular weight excluding hydrogens is 348 g/mol. The summed E-state index contributed by atoms with van der Waals surface area (Å²) in [5.74, 6) is 6.89. The SMILES string of the molecule is COCC#CC(=O)c1cc(OC)ccc1-c1ccc(OC)c(OC)c1OC. The lowest BCUT2D eigenvalue weighted by molar-refractivity contribution is 0.105. The van der Waals surface area contributed by atoms with Crippen LogP contribution < -0.4 is 18.9 Å². The van der Waals surface area contributed by atoms with Gasteiger partial charge in [0.05, 0.1) is 28.4 Å². The number of Topliss-reactive ketones (excluding diaryl/α,β-unsaturated/α-hetero) is 1. The molecule has 0 atom stereocenters. The van der Waals surface area contributed by atoms with Gasteiger partial charge in [-0.2, -0.15) is 0 Å². The predicted octanol–water partition coefficient (Wildman–Crippen LogP) is 3.22. The molecule has 0 amide bonds. The number of carbonyl (C=O) groups excluding carboxylic acids is 1. The van der Waals surface area contributed by atoms with Gasteiger partial charge in [0, 0.05) is 18.2 Å². The van der Waals surface area contributed by atoms with Crippen LogP contribution in [0.5, 0.6) is 23.0 Å². The summed E-state index contributed by atoms with van der Waals surface area (Å²) in [4.78, 5) is 12.7. The molecule has 0 bridgehead atoms. The Kier molecular flexibility index (Phi) is 7.09. The molecule has 2 aromatic carbocycles. The number of rotatable bonds is 7. The molecule has 0 fully saturated rings. The van der Waals surface area contributed by atoms with Crippen molar-refractivity contribution >= 4 is 5.78 Å². The van der Waals surface area contributed by atoms with Gasteiger partial charge in [-0.15, -0.1) is 0 Å². The Morgan fingerprint density at radius 3 is 2.15 bits per heavy atom. The molecule has 0 aliphatic carbocycles. The number of hydrogen-bond acceptors (Lipinski definition) is 6. The average molecular weight is 370 g/mol. The molecule has 6 heteroatoms. The molecule has 0 aromatic heterocycles. The molecule has 142 valence electrons. The molecule has 2 rings (SSSR count). The molecule has 2 aromatic rings. The summed E-state index contributed by atoms with van der Waals surface area (Å²) >= 11 is 0. The topological polar surface area (TPSA) is 63.2 Å². The minimum Gasteiger partial charge on any atom is -0.497 e. The van der Waals surface area contributed by atoms with Gasteiger partial charge in [-0.25, -0.2) is 0 Å². The first kappa shape index (κ1) is 20.1. The maximum absolute atomic E-state index is 12.7. The van der Waals surface area contributed by atoms with Gasteiger partial charge in [0.25, 0.3) is 0 Å². The van der Waals surface area contributed by atoms with Gasteiger partial charge < -0.3 is 23.7 Å². The highest BCUT2D eigenvalue weighted by molar-refractivity contribution is 6.13. The fourth-order valence-electron chi connectivity index (χ4n) is 2.64. The van der Waals surface area contributed by atoms with Crippen LogP contribution in [0.25, 0.3) is 11.1 Å². The van der Waals surface area contributed by atoms with Crippen molar-refractivity contribution in [3.05, 3.63) is 35.9 Å². The van der Waals surface area contributed by atoms with Gasteiger partial charge in [-0.05, 0) is 41.8 Å². The van der Waals surface area contributed by atoms with E-state index in [0.717, 1.165) is 0 Å². The minimum atomic E-state index is -0.349. The Balaban J connectivity index is 2.69. The highest BCUT2D eigenvalue weighted by atomic mass is 16.5. The molecule has 0 heterocycles. The van der Waals surface area contributed by atoms with Crippen molar-refractivity contribution in [2.45, 2.75) is 0 Å². The summed E-state index contributed by atoms with van der Waals surface area (Å²) in [6.45, 7) is 0.171. The van der Waals surface area contributed by atoms with Crippen LogP contribution in [-0.4, -0.2) is 47.9 Å². The van der Waals surface area contributed by atoms with Gasteiger partial charge in [0.15, 0.2) is 11.5 Å². The number of ketones is 1.